The smallest absolute Gasteiger partial charge is 0.274 e. The van der Waals surface area contributed by atoms with Crippen molar-refractivity contribution in [1.82, 2.24) is 10.5 Å². The molecule has 2 heterocycles. The summed E-state index contributed by atoms with van der Waals surface area (Å²) in [5.41, 5.74) is 1.78. The molecule has 1 unspecified atom stereocenters. The Morgan fingerprint density at radius 2 is 1.93 bits per heavy atom. The normalized spacial score (nSPS) is 16.1. The second kappa shape index (κ2) is 7.96. The van der Waals surface area contributed by atoms with Crippen molar-refractivity contribution in [2.45, 2.75) is 18.9 Å². The summed E-state index contributed by atoms with van der Waals surface area (Å²) >= 11 is 0. The van der Waals surface area contributed by atoms with Crippen LogP contribution in [0.2, 0.25) is 0 Å². The van der Waals surface area contributed by atoms with Crippen molar-refractivity contribution in [2.24, 2.45) is 0 Å². The highest BCUT2D eigenvalue weighted by atomic mass is 16.5. The van der Waals surface area contributed by atoms with Crippen LogP contribution in [0, 0.1) is 0 Å². The molecule has 0 radical (unpaired) electrons. The molecule has 0 fully saturated rings. The molecular formula is C21H19N3O4. The van der Waals surface area contributed by atoms with Crippen LogP contribution in [0.5, 0.6) is 5.75 Å². The fourth-order valence-corrected chi connectivity index (χ4v) is 3.00. The number of ether oxygens (including phenoxy) is 1. The van der Waals surface area contributed by atoms with Crippen molar-refractivity contribution < 1.29 is 18.8 Å². The van der Waals surface area contributed by atoms with E-state index in [-0.39, 0.29) is 11.6 Å². The highest BCUT2D eigenvalue weighted by molar-refractivity contribution is 6.01. The topological polar surface area (TPSA) is 93.5 Å². The van der Waals surface area contributed by atoms with Crippen LogP contribution in [-0.4, -0.2) is 29.6 Å². The third-order valence-corrected chi connectivity index (χ3v) is 4.44. The molecule has 7 heteroatoms. The van der Waals surface area contributed by atoms with E-state index in [0.717, 1.165) is 5.56 Å². The molecule has 1 aromatic heterocycles. The molecule has 28 heavy (non-hydrogen) atoms. The Bertz CT molecular complexity index is 984. The molecule has 1 aliphatic rings. The lowest BCUT2D eigenvalue weighted by Crippen LogP contribution is -2.45. The number of hydrogen-bond donors (Lipinski definition) is 2. The van der Waals surface area contributed by atoms with E-state index in [2.05, 4.69) is 15.8 Å². The number of fused-ring (bicyclic) bond motifs is 1. The Balaban J connectivity index is 1.41. The Hall–Kier alpha value is -3.61. The van der Waals surface area contributed by atoms with Gasteiger partial charge in [-0.25, -0.2) is 0 Å². The summed E-state index contributed by atoms with van der Waals surface area (Å²) in [6.45, 7) is 0.313. The first-order chi connectivity index (χ1) is 13.7. The molecule has 0 aliphatic carbocycles. The molecule has 142 valence electrons. The van der Waals surface area contributed by atoms with Crippen LogP contribution in [0.15, 0.2) is 65.2 Å². The van der Waals surface area contributed by atoms with Gasteiger partial charge in [0, 0.05) is 18.9 Å². The van der Waals surface area contributed by atoms with E-state index in [0.29, 0.717) is 36.6 Å². The number of hydrogen-bond acceptors (Lipinski definition) is 5. The molecule has 0 spiro atoms. The zero-order valence-electron chi connectivity index (χ0n) is 15.1. The standard InChI is InChI=1S/C21H19N3O4/c25-20-17(10-11-27-19-9-5-4-8-16(19)22-20)23-21(26)18-13-15(28-24-18)12-14-6-2-1-3-7-14/h1-9,13,17H,10-12H2,(H,22,25)(H,23,26). The molecule has 1 atom stereocenters. The highest BCUT2D eigenvalue weighted by Crippen LogP contribution is 2.25. The van der Waals surface area contributed by atoms with E-state index in [9.17, 15) is 9.59 Å². The van der Waals surface area contributed by atoms with Gasteiger partial charge in [-0.3, -0.25) is 9.59 Å². The molecule has 2 aromatic carbocycles. The van der Waals surface area contributed by atoms with E-state index in [4.69, 9.17) is 9.26 Å². The number of amides is 2. The fraction of sp³-hybridized carbons (Fsp3) is 0.190. The van der Waals surface area contributed by atoms with Gasteiger partial charge in [0.05, 0.1) is 12.3 Å². The summed E-state index contributed by atoms with van der Waals surface area (Å²) in [6.07, 6.45) is 0.885. The third-order valence-electron chi connectivity index (χ3n) is 4.44. The van der Waals surface area contributed by atoms with Gasteiger partial charge in [-0.1, -0.05) is 47.6 Å². The SMILES string of the molecule is O=C(NC1CCOc2ccccc2NC1=O)c1cc(Cc2ccccc2)on1. The second-order valence-electron chi connectivity index (χ2n) is 6.49. The van der Waals surface area contributed by atoms with E-state index in [1.165, 1.54) is 0 Å². The van der Waals surface area contributed by atoms with Crippen molar-refractivity contribution in [3.8, 4) is 5.75 Å². The number of carbonyl (C=O) groups is 2. The number of rotatable bonds is 4. The van der Waals surface area contributed by atoms with Crippen LogP contribution in [0.25, 0.3) is 0 Å². The molecule has 7 nitrogen and oxygen atoms in total. The van der Waals surface area contributed by atoms with Gasteiger partial charge in [0.25, 0.3) is 5.91 Å². The van der Waals surface area contributed by atoms with Gasteiger partial charge in [0.1, 0.15) is 17.6 Å². The lowest BCUT2D eigenvalue weighted by Gasteiger charge is -2.22. The van der Waals surface area contributed by atoms with Gasteiger partial charge in [-0.05, 0) is 17.7 Å². The number of anilines is 1. The number of nitrogens with one attached hydrogen (secondary N) is 2. The second-order valence-corrected chi connectivity index (χ2v) is 6.49. The minimum absolute atomic E-state index is 0.141. The van der Waals surface area contributed by atoms with E-state index >= 15 is 0 Å². The first-order valence-electron chi connectivity index (χ1n) is 9.02. The van der Waals surface area contributed by atoms with Crippen LogP contribution in [0.3, 0.4) is 0 Å². The van der Waals surface area contributed by atoms with E-state index in [1.54, 1.807) is 24.3 Å². The number of nitrogens with zero attached hydrogens (tertiary/aromatic N) is 1. The average molecular weight is 377 g/mol. The average Bonchev–Trinajstić information content (AvgIpc) is 3.16. The Morgan fingerprint density at radius 1 is 1.14 bits per heavy atom. The lowest BCUT2D eigenvalue weighted by molar-refractivity contribution is -0.118. The van der Waals surface area contributed by atoms with Crippen LogP contribution in [0.1, 0.15) is 28.2 Å². The third kappa shape index (κ3) is 4.03. The molecule has 2 amide bonds. The first kappa shape index (κ1) is 17.8. The predicted molar refractivity (Wildman–Crippen MR) is 102 cm³/mol. The maximum Gasteiger partial charge on any atom is 0.274 e. The summed E-state index contributed by atoms with van der Waals surface area (Å²) in [4.78, 5) is 25.0. The maximum atomic E-state index is 12.5. The Morgan fingerprint density at radius 3 is 2.79 bits per heavy atom. The number of carbonyl (C=O) groups excluding carboxylic acids is 2. The van der Waals surface area contributed by atoms with Gasteiger partial charge in [-0.15, -0.1) is 0 Å². The zero-order chi connectivity index (χ0) is 19.3. The summed E-state index contributed by atoms with van der Waals surface area (Å²) in [7, 11) is 0. The largest absolute Gasteiger partial charge is 0.491 e. The van der Waals surface area contributed by atoms with E-state index < -0.39 is 11.9 Å². The number of aromatic nitrogens is 1. The monoisotopic (exact) mass is 377 g/mol. The number of benzene rings is 2. The van der Waals surface area contributed by atoms with E-state index in [1.807, 2.05) is 36.4 Å². The molecule has 2 N–H and O–H groups in total. The quantitative estimate of drug-likeness (QED) is 0.729. The van der Waals surface area contributed by atoms with Crippen molar-refractivity contribution in [3.05, 3.63) is 77.7 Å². The molecule has 3 aromatic rings. The van der Waals surface area contributed by atoms with Gasteiger partial charge < -0.3 is 19.9 Å². The van der Waals surface area contributed by atoms with Gasteiger partial charge in [0.15, 0.2) is 5.69 Å². The van der Waals surface area contributed by atoms with Gasteiger partial charge in [-0.2, -0.15) is 0 Å². The molecule has 0 saturated heterocycles. The summed E-state index contributed by atoms with van der Waals surface area (Å²) < 4.78 is 10.9. The molecule has 1 aliphatic heterocycles. The first-order valence-corrected chi connectivity index (χ1v) is 9.02. The van der Waals surface area contributed by atoms with Crippen molar-refractivity contribution in [3.63, 3.8) is 0 Å². The van der Waals surface area contributed by atoms with Crippen LogP contribution in [-0.2, 0) is 11.2 Å². The van der Waals surface area contributed by atoms with Crippen molar-refractivity contribution >= 4 is 17.5 Å². The van der Waals surface area contributed by atoms with Crippen LogP contribution in [0.4, 0.5) is 5.69 Å². The fourth-order valence-electron chi connectivity index (χ4n) is 3.00. The highest BCUT2D eigenvalue weighted by Gasteiger charge is 2.26. The Labute approximate surface area is 161 Å². The van der Waals surface area contributed by atoms with Crippen LogP contribution < -0.4 is 15.4 Å². The molecular weight excluding hydrogens is 358 g/mol. The minimum Gasteiger partial charge on any atom is -0.491 e. The molecule has 0 saturated carbocycles. The van der Waals surface area contributed by atoms with Crippen molar-refractivity contribution in [1.29, 1.82) is 0 Å². The number of para-hydroxylation sites is 2. The van der Waals surface area contributed by atoms with Crippen LogP contribution >= 0.6 is 0 Å². The summed E-state index contributed by atoms with van der Waals surface area (Å²) in [5, 5.41) is 9.32. The minimum atomic E-state index is -0.727. The summed E-state index contributed by atoms with van der Waals surface area (Å²) in [5.74, 6) is 0.438. The molecule has 0 bridgehead atoms. The summed E-state index contributed by atoms with van der Waals surface area (Å²) in [6, 6.07) is 17.8. The molecule has 4 rings (SSSR count). The maximum absolute atomic E-state index is 12.5. The van der Waals surface area contributed by atoms with Gasteiger partial charge >= 0.3 is 0 Å². The Kier molecular flexibility index (Phi) is 5.05. The van der Waals surface area contributed by atoms with Crippen molar-refractivity contribution in [2.75, 3.05) is 11.9 Å². The predicted octanol–water partition coefficient (Wildman–Crippen LogP) is 2.79. The van der Waals surface area contributed by atoms with Gasteiger partial charge in [0.2, 0.25) is 5.91 Å². The lowest BCUT2D eigenvalue weighted by atomic mass is 10.1. The zero-order valence-corrected chi connectivity index (χ0v) is 15.1.